The largest absolute Gasteiger partial charge is 0.313 e. The molecule has 0 fully saturated rings. The van der Waals surface area contributed by atoms with Crippen LogP contribution in [0.3, 0.4) is 0 Å². The van der Waals surface area contributed by atoms with Crippen molar-refractivity contribution in [2.45, 2.75) is 19.4 Å². The highest BCUT2D eigenvalue weighted by molar-refractivity contribution is 6.32. The quantitative estimate of drug-likeness (QED) is 0.669. The van der Waals surface area contributed by atoms with Gasteiger partial charge in [-0.05, 0) is 43.1 Å². The first-order chi connectivity index (χ1) is 10.0. The van der Waals surface area contributed by atoms with E-state index in [1.54, 1.807) is 6.07 Å². The lowest BCUT2D eigenvalue weighted by Crippen LogP contribution is -2.19. The van der Waals surface area contributed by atoms with Gasteiger partial charge in [0.15, 0.2) is 0 Å². The van der Waals surface area contributed by atoms with Crippen molar-refractivity contribution in [3.8, 4) is 0 Å². The van der Waals surface area contributed by atoms with Crippen LogP contribution in [0.15, 0.2) is 42.5 Å². The van der Waals surface area contributed by atoms with Crippen molar-refractivity contribution in [1.29, 1.82) is 0 Å². The van der Waals surface area contributed by atoms with Gasteiger partial charge in [-0.1, -0.05) is 41.9 Å². The number of nitro benzene ring substituents is 1. The van der Waals surface area contributed by atoms with Gasteiger partial charge < -0.3 is 5.32 Å². The lowest BCUT2D eigenvalue weighted by Gasteiger charge is -2.18. The van der Waals surface area contributed by atoms with Crippen molar-refractivity contribution in [3.05, 3.63) is 74.3 Å². The molecule has 0 aliphatic rings. The molecule has 1 atom stereocenters. The maximum absolute atomic E-state index is 10.9. The molecule has 0 heterocycles. The molecule has 0 bridgehead atoms. The summed E-state index contributed by atoms with van der Waals surface area (Å²) in [5.74, 6) is 0. The Bertz CT molecular complexity index is 644. The number of likely N-dealkylation sites (N-methyl/N-ethyl adjacent to an activating group) is 1. The molecule has 0 radical (unpaired) electrons. The van der Waals surface area contributed by atoms with E-state index < -0.39 is 4.92 Å². The number of aryl methyl sites for hydroxylation is 1. The smallest absolute Gasteiger partial charge is 0.288 e. The Labute approximate surface area is 128 Å². The van der Waals surface area contributed by atoms with Crippen LogP contribution in [0, 0.1) is 17.0 Å². The van der Waals surface area contributed by atoms with E-state index in [4.69, 9.17) is 11.6 Å². The zero-order valence-electron chi connectivity index (χ0n) is 12.0. The number of hydrogen-bond donors (Lipinski definition) is 1. The monoisotopic (exact) mass is 304 g/mol. The Kier molecular flexibility index (Phi) is 4.94. The molecule has 2 aromatic rings. The molecule has 1 unspecified atom stereocenters. The van der Waals surface area contributed by atoms with E-state index in [1.807, 2.05) is 32.2 Å². The Hall–Kier alpha value is -1.91. The van der Waals surface area contributed by atoms with E-state index in [2.05, 4.69) is 17.4 Å². The minimum absolute atomic E-state index is 0.0429. The summed E-state index contributed by atoms with van der Waals surface area (Å²) < 4.78 is 0. The number of nitrogens with one attached hydrogen (secondary N) is 1. The van der Waals surface area contributed by atoms with Crippen LogP contribution in [0.4, 0.5) is 5.69 Å². The van der Waals surface area contributed by atoms with Crippen molar-refractivity contribution in [2.75, 3.05) is 7.05 Å². The molecule has 0 amide bonds. The molecular formula is C16H17ClN2O2. The van der Waals surface area contributed by atoms with Crippen molar-refractivity contribution < 1.29 is 4.92 Å². The fourth-order valence-corrected chi connectivity index (χ4v) is 2.61. The van der Waals surface area contributed by atoms with Crippen LogP contribution in [-0.4, -0.2) is 12.0 Å². The third-order valence-electron chi connectivity index (χ3n) is 3.58. The summed E-state index contributed by atoms with van der Waals surface area (Å²) in [4.78, 5) is 10.4. The van der Waals surface area contributed by atoms with Gasteiger partial charge in [-0.15, -0.1) is 0 Å². The first-order valence-electron chi connectivity index (χ1n) is 6.68. The molecule has 0 saturated heterocycles. The Morgan fingerprint density at radius 3 is 2.52 bits per heavy atom. The average Bonchev–Trinajstić information content (AvgIpc) is 2.48. The zero-order chi connectivity index (χ0) is 15.4. The summed E-state index contributed by atoms with van der Waals surface area (Å²) in [6, 6.07) is 13.5. The summed E-state index contributed by atoms with van der Waals surface area (Å²) in [6.45, 7) is 1.87. The highest BCUT2D eigenvalue weighted by Crippen LogP contribution is 2.30. The maximum atomic E-state index is 10.9. The number of nitro groups is 1. The van der Waals surface area contributed by atoms with E-state index in [9.17, 15) is 10.1 Å². The Morgan fingerprint density at radius 1 is 1.29 bits per heavy atom. The highest BCUT2D eigenvalue weighted by Gasteiger charge is 2.17. The molecule has 2 aromatic carbocycles. The van der Waals surface area contributed by atoms with Gasteiger partial charge in [-0.2, -0.15) is 0 Å². The van der Waals surface area contributed by atoms with Crippen molar-refractivity contribution in [3.63, 3.8) is 0 Å². The number of benzene rings is 2. The van der Waals surface area contributed by atoms with Crippen LogP contribution in [0.1, 0.15) is 22.7 Å². The van der Waals surface area contributed by atoms with Gasteiger partial charge >= 0.3 is 0 Å². The normalized spacial score (nSPS) is 12.1. The van der Waals surface area contributed by atoms with Gasteiger partial charge in [0.1, 0.15) is 5.02 Å². The lowest BCUT2D eigenvalue weighted by molar-refractivity contribution is -0.384. The number of nitrogens with zero attached hydrogens (tertiary/aromatic N) is 1. The third-order valence-corrected chi connectivity index (χ3v) is 3.88. The van der Waals surface area contributed by atoms with E-state index in [0.29, 0.717) is 0 Å². The second-order valence-electron chi connectivity index (χ2n) is 4.94. The number of rotatable bonds is 5. The van der Waals surface area contributed by atoms with Crippen LogP contribution in [0.25, 0.3) is 0 Å². The van der Waals surface area contributed by atoms with E-state index in [1.165, 1.54) is 11.6 Å². The lowest BCUT2D eigenvalue weighted by atomic mass is 9.96. The van der Waals surface area contributed by atoms with E-state index in [0.717, 1.165) is 17.5 Å². The van der Waals surface area contributed by atoms with E-state index >= 15 is 0 Å². The first-order valence-corrected chi connectivity index (χ1v) is 7.06. The van der Waals surface area contributed by atoms with Crippen LogP contribution in [0.2, 0.25) is 5.02 Å². The summed E-state index contributed by atoms with van der Waals surface area (Å²) in [6.07, 6.45) is 0.726. The molecule has 5 heteroatoms. The molecule has 110 valence electrons. The molecule has 1 N–H and O–H groups in total. The fourth-order valence-electron chi connectivity index (χ4n) is 2.36. The van der Waals surface area contributed by atoms with Crippen molar-refractivity contribution in [2.24, 2.45) is 0 Å². The highest BCUT2D eigenvalue weighted by atomic mass is 35.5. The number of halogens is 1. The Balaban J connectivity index is 2.30. The van der Waals surface area contributed by atoms with Gasteiger partial charge in [0.05, 0.1) is 4.92 Å². The van der Waals surface area contributed by atoms with Crippen LogP contribution < -0.4 is 5.32 Å². The zero-order valence-corrected chi connectivity index (χ0v) is 12.7. The predicted molar refractivity (Wildman–Crippen MR) is 84.8 cm³/mol. The molecule has 21 heavy (non-hydrogen) atoms. The molecular weight excluding hydrogens is 288 g/mol. The third kappa shape index (κ3) is 3.60. The van der Waals surface area contributed by atoms with E-state index in [-0.39, 0.29) is 16.8 Å². The van der Waals surface area contributed by atoms with Crippen molar-refractivity contribution in [1.82, 2.24) is 5.32 Å². The molecule has 0 spiro atoms. The predicted octanol–water partition coefficient (Wildman–Crippen LogP) is 4.06. The average molecular weight is 305 g/mol. The van der Waals surface area contributed by atoms with Crippen LogP contribution >= 0.6 is 11.6 Å². The minimum atomic E-state index is -0.453. The molecule has 0 aromatic heterocycles. The van der Waals surface area contributed by atoms with Gasteiger partial charge in [0, 0.05) is 12.1 Å². The summed E-state index contributed by atoms with van der Waals surface area (Å²) in [7, 11) is 1.90. The molecule has 0 aliphatic carbocycles. The maximum Gasteiger partial charge on any atom is 0.288 e. The SMILES string of the molecule is CNC(Cc1cc(Cl)c([N+](=O)[O-])cc1C)c1ccccc1. The standard InChI is InChI=1S/C16H17ClN2O2/c1-11-8-16(19(20)21)14(17)9-13(11)10-15(18-2)12-6-4-3-5-7-12/h3-9,15,18H,10H2,1-2H3. The first kappa shape index (κ1) is 15.5. The second kappa shape index (κ2) is 6.70. The van der Waals surface area contributed by atoms with Crippen molar-refractivity contribution >= 4 is 17.3 Å². The molecule has 0 aliphatic heterocycles. The van der Waals surface area contributed by atoms with Gasteiger partial charge in [-0.25, -0.2) is 0 Å². The summed E-state index contributed by atoms with van der Waals surface area (Å²) in [5, 5.41) is 14.4. The second-order valence-corrected chi connectivity index (χ2v) is 5.35. The minimum Gasteiger partial charge on any atom is -0.313 e. The topological polar surface area (TPSA) is 55.2 Å². The summed E-state index contributed by atoms with van der Waals surface area (Å²) >= 11 is 6.01. The molecule has 2 rings (SSSR count). The van der Waals surface area contributed by atoms with Gasteiger partial charge in [0.2, 0.25) is 0 Å². The molecule has 0 saturated carbocycles. The fraction of sp³-hybridized carbons (Fsp3) is 0.250. The van der Waals surface area contributed by atoms with Crippen LogP contribution in [0.5, 0.6) is 0 Å². The van der Waals surface area contributed by atoms with Gasteiger partial charge in [0.25, 0.3) is 5.69 Å². The number of hydrogen-bond acceptors (Lipinski definition) is 3. The van der Waals surface area contributed by atoms with Crippen LogP contribution in [-0.2, 0) is 6.42 Å². The summed E-state index contributed by atoms with van der Waals surface area (Å²) in [5.41, 5.74) is 3.02. The Morgan fingerprint density at radius 2 is 1.95 bits per heavy atom. The molecule has 4 nitrogen and oxygen atoms in total. The van der Waals surface area contributed by atoms with Gasteiger partial charge in [-0.3, -0.25) is 10.1 Å².